The quantitative estimate of drug-likeness (QED) is 0.606. The molecule has 2 amide bonds. The molecule has 0 spiro atoms. The molecule has 0 saturated heterocycles. The van der Waals surface area contributed by atoms with E-state index in [4.69, 9.17) is 0 Å². The summed E-state index contributed by atoms with van der Waals surface area (Å²) in [7, 11) is -1.89. The second-order valence-corrected chi connectivity index (χ2v) is 8.10. The van der Waals surface area contributed by atoms with E-state index in [1.54, 1.807) is 30.5 Å². The van der Waals surface area contributed by atoms with Gasteiger partial charge in [-0.2, -0.15) is 5.10 Å². The Morgan fingerprint density at radius 1 is 1.19 bits per heavy atom. The lowest BCUT2D eigenvalue weighted by molar-refractivity contribution is 0.238. The summed E-state index contributed by atoms with van der Waals surface area (Å²) in [5.74, 6) is 0.195. The maximum Gasteiger partial charge on any atom is 0.315 e. The summed E-state index contributed by atoms with van der Waals surface area (Å²) >= 11 is 0. The molecule has 8 nitrogen and oxygen atoms in total. The highest BCUT2D eigenvalue weighted by Gasteiger charge is 2.09. The number of urea groups is 1. The van der Waals surface area contributed by atoms with E-state index in [1.807, 2.05) is 23.9 Å². The monoisotopic (exact) mass is 379 g/mol. The van der Waals surface area contributed by atoms with Crippen LogP contribution in [0.25, 0.3) is 0 Å². The van der Waals surface area contributed by atoms with Crippen LogP contribution in [0.2, 0.25) is 0 Å². The first-order chi connectivity index (χ1) is 12.4. The van der Waals surface area contributed by atoms with Crippen molar-refractivity contribution in [3.63, 3.8) is 0 Å². The maximum atomic E-state index is 11.9. The van der Waals surface area contributed by atoms with Crippen molar-refractivity contribution in [2.24, 2.45) is 5.92 Å². The highest BCUT2D eigenvalue weighted by atomic mass is 32.2. The van der Waals surface area contributed by atoms with Gasteiger partial charge < -0.3 is 10.6 Å². The zero-order valence-electron chi connectivity index (χ0n) is 15.0. The molecular formula is C17H25N5O3S. The largest absolute Gasteiger partial charge is 0.338 e. The number of hydrogen-bond donors (Lipinski definition) is 3. The number of carbonyl (C=O) groups is 1. The molecule has 1 unspecified atom stereocenters. The smallest absolute Gasteiger partial charge is 0.315 e. The number of nitrogens with one attached hydrogen (secondary N) is 3. The zero-order valence-corrected chi connectivity index (χ0v) is 15.8. The Kier molecular flexibility index (Phi) is 7.16. The number of carbonyl (C=O) groups excluding carboxylic acids is 1. The van der Waals surface area contributed by atoms with Crippen LogP contribution in [0.4, 0.5) is 4.79 Å². The van der Waals surface area contributed by atoms with Crippen LogP contribution in [-0.4, -0.2) is 37.8 Å². The Morgan fingerprint density at radius 3 is 2.50 bits per heavy atom. The molecule has 0 radical (unpaired) electrons. The molecule has 142 valence electrons. The van der Waals surface area contributed by atoms with Gasteiger partial charge in [-0.25, -0.2) is 17.9 Å². The van der Waals surface area contributed by atoms with Crippen molar-refractivity contribution < 1.29 is 13.2 Å². The van der Waals surface area contributed by atoms with E-state index in [-0.39, 0.29) is 17.7 Å². The highest BCUT2D eigenvalue weighted by Crippen LogP contribution is 2.07. The predicted octanol–water partition coefficient (Wildman–Crippen LogP) is 1.07. The van der Waals surface area contributed by atoms with Crippen molar-refractivity contribution >= 4 is 16.1 Å². The SMILES string of the molecule is CNS(=O)(=O)Cc1ccc(CNC(=O)NCC(C)Cn2cccn2)cc1. The summed E-state index contributed by atoms with van der Waals surface area (Å²) in [5.41, 5.74) is 1.59. The van der Waals surface area contributed by atoms with Crippen molar-refractivity contribution in [1.29, 1.82) is 0 Å². The maximum absolute atomic E-state index is 11.9. The standard InChI is InChI=1S/C17H25N5O3S/c1-14(12-22-9-3-8-21-22)10-19-17(23)20-11-15-4-6-16(7-5-15)13-26(24,25)18-2/h3-9,14,18H,10-13H2,1-2H3,(H2,19,20,23). The van der Waals surface area contributed by atoms with Gasteiger partial charge in [0.25, 0.3) is 0 Å². The lowest BCUT2D eigenvalue weighted by Crippen LogP contribution is -2.38. The van der Waals surface area contributed by atoms with Crippen molar-refractivity contribution in [3.8, 4) is 0 Å². The third-order valence-electron chi connectivity index (χ3n) is 3.81. The summed E-state index contributed by atoms with van der Waals surface area (Å²) in [4.78, 5) is 11.9. The number of aromatic nitrogens is 2. The Balaban J connectivity index is 1.71. The fourth-order valence-corrected chi connectivity index (χ4v) is 3.12. The molecule has 1 atom stereocenters. The normalized spacial score (nSPS) is 12.5. The summed E-state index contributed by atoms with van der Waals surface area (Å²) < 4.78 is 27.1. The number of amides is 2. The number of benzene rings is 1. The van der Waals surface area contributed by atoms with Gasteiger partial charge in [-0.1, -0.05) is 31.2 Å². The van der Waals surface area contributed by atoms with Crippen molar-refractivity contribution in [2.75, 3.05) is 13.6 Å². The van der Waals surface area contributed by atoms with Crippen LogP contribution in [0.1, 0.15) is 18.1 Å². The van der Waals surface area contributed by atoms with E-state index >= 15 is 0 Å². The molecule has 26 heavy (non-hydrogen) atoms. The Hall–Kier alpha value is -2.39. The number of rotatable bonds is 9. The van der Waals surface area contributed by atoms with Crippen molar-refractivity contribution in [3.05, 3.63) is 53.9 Å². The van der Waals surface area contributed by atoms with Gasteiger partial charge in [-0.3, -0.25) is 4.68 Å². The minimum atomic E-state index is -3.28. The van der Waals surface area contributed by atoms with Gasteiger partial charge in [0.2, 0.25) is 10.0 Å². The summed E-state index contributed by atoms with van der Waals surface area (Å²) in [6, 6.07) is 8.74. The summed E-state index contributed by atoms with van der Waals surface area (Å²) in [5, 5.41) is 9.77. The topological polar surface area (TPSA) is 105 Å². The van der Waals surface area contributed by atoms with Crippen LogP contribution in [0, 0.1) is 5.92 Å². The first-order valence-corrected chi connectivity index (χ1v) is 10.0. The number of nitrogens with zero attached hydrogens (tertiary/aromatic N) is 2. The molecule has 1 aromatic heterocycles. The molecule has 1 heterocycles. The van der Waals surface area contributed by atoms with E-state index < -0.39 is 10.0 Å². The van der Waals surface area contributed by atoms with Crippen LogP contribution in [0.15, 0.2) is 42.7 Å². The second kappa shape index (κ2) is 9.35. The van der Waals surface area contributed by atoms with Crippen LogP contribution in [0.3, 0.4) is 0 Å². The minimum absolute atomic E-state index is 0.0637. The molecule has 0 fully saturated rings. The molecule has 0 aliphatic carbocycles. The third-order valence-corrected chi connectivity index (χ3v) is 5.15. The van der Waals surface area contributed by atoms with E-state index in [2.05, 4.69) is 20.5 Å². The van der Waals surface area contributed by atoms with E-state index in [1.165, 1.54) is 7.05 Å². The van der Waals surface area contributed by atoms with Crippen molar-refractivity contribution in [2.45, 2.75) is 25.8 Å². The fourth-order valence-electron chi connectivity index (χ4n) is 2.35. The second-order valence-electron chi connectivity index (χ2n) is 6.18. The Labute approximate surface area is 154 Å². The average molecular weight is 379 g/mol. The third kappa shape index (κ3) is 6.85. The van der Waals surface area contributed by atoms with E-state index in [0.717, 1.165) is 12.1 Å². The van der Waals surface area contributed by atoms with Gasteiger partial charge in [-0.05, 0) is 30.2 Å². The van der Waals surface area contributed by atoms with Crippen LogP contribution in [-0.2, 0) is 28.9 Å². The lowest BCUT2D eigenvalue weighted by Gasteiger charge is -2.13. The first kappa shape index (κ1) is 19.9. The molecule has 0 aliphatic heterocycles. The summed E-state index contributed by atoms with van der Waals surface area (Å²) in [6.45, 7) is 3.70. The predicted molar refractivity (Wildman–Crippen MR) is 99.8 cm³/mol. The summed E-state index contributed by atoms with van der Waals surface area (Å²) in [6.07, 6.45) is 3.62. The van der Waals surface area contributed by atoms with Crippen LogP contribution >= 0.6 is 0 Å². The van der Waals surface area contributed by atoms with Gasteiger partial charge in [0.1, 0.15) is 0 Å². The molecule has 0 aliphatic rings. The van der Waals surface area contributed by atoms with E-state index in [0.29, 0.717) is 18.7 Å². The van der Waals surface area contributed by atoms with Gasteiger partial charge >= 0.3 is 6.03 Å². The molecule has 3 N–H and O–H groups in total. The molecule has 0 saturated carbocycles. The van der Waals surface area contributed by atoms with Gasteiger partial charge in [-0.15, -0.1) is 0 Å². The molecule has 1 aromatic carbocycles. The molecule has 9 heteroatoms. The van der Waals surface area contributed by atoms with E-state index in [9.17, 15) is 13.2 Å². The lowest BCUT2D eigenvalue weighted by atomic mass is 10.1. The molecular weight excluding hydrogens is 354 g/mol. The highest BCUT2D eigenvalue weighted by molar-refractivity contribution is 7.88. The number of hydrogen-bond acceptors (Lipinski definition) is 4. The molecule has 2 aromatic rings. The minimum Gasteiger partial charge on any atom is -0.338 e. The van der Waals surface area contributed by atoms with Gasteiger partial charge in [0, 0.05) is 32.0 Å². The Bertz CT molecular complexity index is 788. The number of sulfonamides is 1. The first-order valence-electron chi connectivity index (χ1n) is 8.36. The molecule has 0 bridgehead atoms. The fraction of sp³-hybridized carbons (Fsp3) is 0.412. The zero-order chi connectivity index (χ0) is 19.0. The van der Waals surface area contributed by atoms with Gasteiger partial charge in [0.15, 0.2) is 0 Å². The van der Waals surface area contributed by atoms with Crippen LogP contribution < -0.4 is 15.4 Å². The Morgan fingerprint density at radius 2 is 1.88 bits per heavy atom. The van der Waals surface area contributed by atoms with Crippen LogP contribution in [0.5, 0.6) is 0 Å². The van der Waals surface area contributed by atoms with Gasteiger partial charge in [0.05, 0.1) is 5.75 Å². The average Bonchev–Trinajstić information content (AvgIpc) is 3.12. The van der Waals surface area contributed by atoms with Crippen molar-refractivity contribution in [1.82, 2.24) is 25.1 Å². The molecule has 2 rings (SSSR count).